The molecule has 0 unspecified atom stereocenters. The van der Waals surface area contributed by atoms with Crippen molar-refractivity contribution in [3.8, 4) is 0 Å². The summed E-state index contributed by atoms with van der Waals surface area (Å²) in [5.41, 5.74) is -1.25. The lowest BCUT2D eigenvalue weighted by Gasteiger charge is -2.33. The maximum absolute atomic E-state index is 13.1. The SMILES string of the molecule is O=C(CCNS(=O)(=O)c1ccccc1C(F)(F)F)NC[C@H](c1ccco1)N1CCCCC1. The molecular weight excluding hydrogens is 447 g/mol. The van der Waals surface area contributed by atoms with E-state index in [0.29, 0.717) is 6.07 Å². The first-order valence-corrected chi connectivity index (χ1v) is 11.9. The van der Waals surface area contributed by atoms with Gasteiger partial charge < -0.3 is 9.73 Å². The van der Waals surface area contributed by atoms with Crippen molar-refractivity contribution in [2.24, 2.45) is 0 Å². The topological polar surface area (TPSA) is 91.6 Å². The number of hydrogen-bond acceptors (Lipinski definition) is 5. The van der Waals surface area contributed by atoms with Crippen LogP contribution in [-0.4, -0.2) is 45.4 Å². The number of nitrogens with zero attached hydrogens (tertiary/aromatic N) is 1. The van der Waals surface area contributed by atoms with E-state index < -0.39 is 32.6 Å². The highest BCUT2D eigenvalue weighted by atomic mass is 32.2. The van der Waals surface area contributed by atoms with Crippen molar-refractivity contribution >= 4 is 15.9 Å². The Bertz CT molecular complexity index is 988. The highest BCUT2D eigenvalue weighted by molar-refractivity contribution is 7.89. The summed E-state index contributed by atoms with van der Waals surface area (Å²) >= 11 is 0. The number of halogens is 3. The maximum atomic E-state index is 13.1. The van der Waals surface area contributed by atoms with Crippen LogP contribution in [0.15, 0.2) is 52.0 Å². The van der Waals surface area contributed by atoms with Crippen molar-refractivity contribution in [2.45, 2.75) is 42.8 Å². The lowest BCUT2D eigenvalue weighted by atomic mass is 10.1. The number of carbonyl (C=O) groups excluding carboxylic acids is 1. The standard InChI is InChI=1S/C21H26F3N3O4S/c22-21(23,24)16-7-2-3-9-19(16)32(29,30)26-11-10-20(28)25-15-17(18-8-6-14-31-18)27-12-4-1-5-13-27/h2-3,6-9,14,17,26H,1,4-5,10-13,15H2,(H,25,28)/t17-/m1/s1. The van der Waals surface area contributed by atoms with E-state index in [1.807, 2.05) is 6.07 Å². The molecule has 1 aromatic heterocycles. The molecule has 0 saturated carbocycles. The second-order valence-electron chi connectivity index (χ2n) is 7.57. The molecule has 0 bridgehead atoms. The van der Waals surface area contributed by atoms with Gasteiger partial charge in [0.15, 0.2) is 0 Å². The number of piperidine rings is 1. The van der Waals surface area contributed by atoms with Crippen LogP contribution in [0.25, 0.3) is 0 Å². The van der Waals surface area contributed by atoms with E-state index in [1.165, 1.54) is 6.07 Å². The molecule has 1 aromatic carbocycles. The number of furan rings is 1. The zero-order valence-corrected chi connectivity index (χ0v) is 18.2. The fourth-order valence-electron chi connectivity index (χ4n) is 3.73. The summed E-state index contributed by atoms with van der Waals surface area (Å²) in [4.78, 5) is 13.6. The predicted molar refractivity (Wildman–Crippen MR) is 111 cm³/mol. The first-order valence-electron chi connectivity index (χ1n) is 10.4. The van der Waals surface area contributed by atoms with Gasteiger partial charge in [-0.3, -0.25) is 9.69 Å². The molecule has 7 nitrogen and oxygen atoms in total. The molecule has 0 aliphatic carbocycles. The number of hydrogen-bond donors (Lipinski definition) is 2. The first-order chi connectivity index (χ1) is 15.2. The maximum Gasteiger partial charge on any atom is 0.417 e. The van der Waals surface area contributed by atoms with Crippen molar-refractivity contribution in [1.29, 1.82) is 0 Å². The van der Waals surface area contributed by atoms with Crippen molar-refractivity contribution in [3.63, 3.8) is 0 Å². The van der Waals surface area contributed by atoms with Gasteiger partial charge >= 0.3 is 6.18 Å². The van der Waals surface area contributed by atoms with Gasteiger partial charge in [-0.15, -0.1) is 0 Å². The molecule has 176 valence electrons. The van der Waals surface area contributed by atoms with Crippen LogP contribution in [0.1, 0.15) is 43.0 Å². The van der Waals surface area contributed by atoms with Crippen molar-refractivity contribution in [1.82, 2.24) is 14.9 Å². The second kappa shape index (κ2) is 10.5. The first kappa shape index (κ1) is 24.3. The van der Waals surface area contributed by atoms with Crippen LogP contribution in [0.5, 0.6) is 0 Å². The summed E-state index contributed by atoms with van der Waals surface area (Å²) < 4.78 is 71.6. The lowest BCUT2D eigenvalue weighted by molar-refractivity contribution is -0.139. The fourth-order valence-corrected chi connectivity index (χ4v) is 4.99. The number of benzene rings is 1. The average Bonchev–Trinajstić information content (AvgIpc) is 3.28. The molecule has 0 radical (unpaired) electrons. The van der Waals surface area contributed by atoms with Crippen LogP contribution < -0.4 is 10.0 Å². The van der Waals surface area contributed by atoms with Gasteiger partial charge in [0.1, 0.15) is 5.76 Å². The Hall–Kier alpha value is -2.37. The number of carbonyl (C=O) groups is 1. The minimum atomic E-state index is -4.81. The van der Waals surface area contributed by atoms with Crippen molar-refractivity contribution < 1.29 is 30.8 Å². The smallest absolute Gasteiger partial charge is 0.417 e. The number of rotatable bonds is 9. The fraction of sp³-hybridized carbons (Fsp3) is 0.476. The molecule has 1 fully saturated rings. The largest absolute Gasteiger partial charge is 0.468 e. The van der Waals surface area contributed by atoms with Gasteiger partial charge in [0.2, 0.25) is 15.9 Å². The van der Waals surface area contributed by atoms with Gasteiger partial charge in [-0.05, 0) is 50.2 Å². The van der Waals surface area contributed by atoms with Crippen LogP contribution in [0.4, 0.5) is 13.2 Å². The minimum absolute atomic E-state index is 0.135. The van der Waals surface area contributed by atoms with E-state index in [0.717, 1.165) is 50.2 Å². The van der Waals surface area contributed by atoms with Crippen molar-refractivity contribution in [3.05, 3.63) is 54.0 Å². The van der Waals surface area contributed by atoms with Gasteiger partial charge in [0, 0.05) is 19.5 Å². The molecule has 2 aromatic rings. The Morgan fingerprint density at radius 3 is 2.47 bits per heavy atom. The quantitative estimate of drug-likeness (QED) is 0.583. The van der Waals surface area contributed by atoms with Gasteiger partial charge in [-0.1, -0.05) is 18.6 Å². The van der Waals surface area contributed by atoms with E-state index >= 15 is 0 Å². The molecular formula is C21H26F3N3O4S. The van der Waals surface area contributed by atoms with Gasteiger partial charge in [-0.25, -0.2) is 13.1 Å². The van der Waals surface area contributed by atoms with E-state index in [1.54, 1.807) is 12.3 Å². The highest BCUT2D eigenvalue weighted by Gasteiger charge is 2.36. The third kappa shape index (κ3) is 6.33. The summed E-state index contributed by atoms with van der Waals surface area (Å²) in [6.07, 6.45) is -0.165. The Balaban J connectivity index is 1.54. The summed E-state index contributed by atoms with van der Waals surface area (Å²) in [7, 11) is -4.43. The molecule has 32 heavy (non-hydrogen) atoms. The molecule has 2 heterocycles. The van der Waals surface area contributed by atoms with Crippen LogP contribution in [-0.2, 0) is 21.0 Å². The molecule has 3 rings (SSSR count). The molecule has 1 saturated heterocycles. The zero-order valence-electron chi connectivity index (χ0n) is 17.4. The monoisotopic (exact) mass is 473 g/mol. The molecule has 1 aliphatic heterocycles. The van der Waals surface area contributed by atoms with Crippen LogP contribution >= 0.6 is 0 Å². The molecule has 11 heteroatoms. The number of amides is 1. The van der Waals surface area contributed by atoms with Gasteiger partial charge in [0.25, 0.3) is 0 Å². The van der Waals surface area contributed by atoms with Crippen LogP contribution in [0.3, 0.4) is 0 Å². The van der Waals surface area contributed by atoms with E-state index in [4.69, 9.17) is 4.42 Å². The van der Waals surface area contributed by atoms with Crippen LogP contribution in [0.2, 0.25) is 0 Å². The zero-order chi connectivity index (χ0) is 23.2. The predicted octanol–water partition coefficient (Wildman–Crippen LogP) is 3.31. The summed E-state index contributed by atoms with van der Waals surface area (Å²) in [5, 5.41) is 2.77. The molecule has 1 amide bonds. The summed E-state index contributed by atoms with van der Waals surface area (Å²) in [5.74, 6) is 0.321. The average molecular weight is 474 g/mol. The third-order valence-electron chi connectivity index (χ3n) is 5.32. The number of likely N-dealkylation sites (tertiary alicyclic amines) is 1. The van der Waals surface area contributed by atoms with E-state index in [-0.39, 0.29) is 25.6 Å². The normalized spacial score (nSPS) is 16.6. The van der Waals surface area contributed by atoms with E-state index in [2.05, 4.69) is 14.9 Å². The Morgan fingerprint density at radius 1 is 1.09 bits per heavy atom. The number of alkyl halides is 3. The molecule has 2 N–H and O–H groups in total. The molecule has 1 atom stereocenters. The minimum Gasteiger partial charge on any atom is -0.468 e. The second-order valence-corrected chi connectivity index (χ2v) is 9.31. The van der Waals surface area contributed by atoms with Crippen LogP contribution in [0, 0.1) is 0 Å². The number of sulfonamides is 1. The van der Waals surface area contributed by atoms with E-state index in [9.17, 15) is 26.4 Å². The summed E-state index contributed by atoms with van der Waals surface area (Å²) in [6, 6.07) is 7.41. The summed E-state index contributed by atoms with van der Waals surface area (Å²) in [6.45, 7) is 1.74. The number of nitrogens with one attached hydrogen (secondary N) is 2. The molecule has 0 spiro atoms. The van der Waals surface area contributed by atoms with Gasteiger partial charge in [0.05, 0.1) is 22.8 Å². The highest BCUT2D eigenvalue weighted by Crippen LogP contribution is 2.33. The Kier molecular flexibility index (Phi) is 7.96. The lowest BCUT2D eigenvalue weighted by Crippen LogP contribution is -2.41. The third-order valence-corrected chi connectivity index (χ3v) is 6.84. The van der Waals surface area contributed by atoms with Crippen molar-refractivity contribution in [2.75, 3.05) is 26.2 Å². The molecule has 1 aliphatic rings. The Morgan fingerprint density at radius 2 is 1.81 bits per heavy atom. The Labute approximate surface area is 185 Å². The van der Waals surface area contributed by atoms with Gasteiger partial charge in [-0.2, -0.15) is 13.2 Å².